The molecule has 0 bridgehead atoms. The maximum absolute atomic E-state index is 5.31. The first-order chi connectivity index (χ1) is 9.67. The van der Waals surface area contributed by atoms with E-state index in [4.69, 9.17) is 4.74 Å². The topological polar surface area (TPSA) is 58.5 Å². The van der Waals surface area contributed by atoms with Crippen molar-refractivity contribution in [2.75, 3.05) is 26.3 Å². The van der Waals surface area contributed by atoms with E-state index in [1.54, 1.807) is 11.3 Å². The van der Waals surface area contributed by atoms with Gasteiger partial charge < -0.3 is 15.4 Å². The number of halogens is 1. The van der Waals surface area contributed by atoms with Crippen molar-refractivity contribution in [1.82, 2.24) is 15.6 Å². The van der Waals surface area contributed by atoms with Gasteiger partial charge in [0.1, 0.15) is 5.01 Å². The van der Waals surface area contributed by atoms with Crippen molar-refractivity contribution < 1.29 is 4.74 Å². The molecule has 1 aromatic heterocycles. The third-order valence-corrected chi connectivity index (χ3v) is 3.81. The smallest absolute Gasteiger partial charge is 0.191 e. The van der Waals surface area contributed by atoms with Crippen molar-refractivity contribution in [3.05, 3.63) is 15.6 Å². The Morgan fingerprint density at radius 3 is 2.62 bits per heavy atom. The van der Waals surface area contributed by atoms with E-state index in [0.29, 0.717) is 6.54 Å². The average Bonchev–Trinajstić information content (AvgIpc) is 2.75. The van der Waals surface area contributed by atoms with E-state index < -0.39 is 0 Å². The fraction of sp³-hybridized carbons (Fsp3) is 0.714. The monoisotopic (exact) mass is 426 g/mol. The van der Waals surface area contributed by atoms with Gasteiger partial charge in [0.25, 0.3) is 0 Å². The summed E-state index contributed by atoms with van der Waals surface area (Å²) in [5, 5.41) is 7.61. The van der Waals surface area contributed by atoms with Crippen LogP contribution in [0.3, 0.4) is 0 Å². The molecule has 1 heterocycles. The highest BCUT2D eigenvalue weighted by Gasteiger charge is 2.03. The summed E-state index contributed by atoms with van der Waals surface area (Å²) in [7, 11) is 0. The lowest BCUT2D eigenvalue weighted by atomic mass is 10.4. The second kappa shape index (κ2) is 12.2. The summed E-state index contributed by atoms with van der Waals surface area (Å²) in [4.78, 5) is 10.3. The van der Waals surface area contributed by atoms with E-state index in [0.717, 1.165) is 49.4 Å². The van der Waals surface area contributed by atoms with Gasteiger partial charge in [-0.05, 0) is 34.1 Å². The quantitative estimate of drug-likeness (QED) is 0.291. The zero-order valence-electron chi connectivity index (χ0n) is 13.4. The molecular weight excluding hydrogens is 399 g/mol. The van der Waals surface area contributed by atoms with Gasteiger partial charge in [0.2, 0.25) is 0 Å². The Kier molecular flexibility index (Phi) is 11.9. The molecule has 0 radical (unpaired) electrons. The molecule has 122 valence electrons. The molecule has 5 nitrogen and oxygen atoms in total. The van der Waals surface area contributed by atoms with Crippen molar-refractivity contribution >= 4 is 41.3 Å². The molecule has 0 unspecified atom stereocenters. The van der Waals surface area contributed by atoms with E-state index in [1.165, 1.54) is 4.88 Å². The van der Waals surface area contributed by atoms with Gasteiger partial charge in [-0.1, -0.05) is 0 Å². The van der Waals surface area contributed by atoms with Crippen molar-refractivity contribution in [1.29, 1.82) is 0 Å². The minimum absolute atomic E-state index is 0. The molecule has 1 rings (SSSR count). The summed E-state index contributed by atoms with van der Waals surface area (Å²) >= 11 is 1.72. The van der Waals surface area contributed by atoms with E-state index in [1.807, 2.05) is 13.8 Å². The predicted molar refractivity (Wildman–Crippen MR) is 101 cm³/mol. The van der Waals surface area contributed by atoms with Gasteiger partial charge in [-0.25, -0.2) is 9.98 Å². The molecule has 7 heteroatoms. The van der Waals surface area contributed by atoms with Crippen LogP contribution in [0.2, 0.25) is 0 Å². The van der Waals surface area contributed by atoms with E-state index in [9.17, 15) is 0 Å². The van der Waals surface area contributed by atoms with Crippen LogP contribution < -0.4 is 10.6 Å². The van der Waals surface area contributed by atoms with Crippen molar-refractivity contribution in [3.8, 4) is 0 Å². The number of hydrogen-bond acceptors (Lipinski definition) is 4. The normalized spacial score (nSPS) is 11.1. The number of nitrogens with one attached hydrogen (secondary N) is 2. The zero-order valence-corrected chi connectivity index (χ0v) is 16.5. The average molecular weight is 426 g/mol. The molecule has 0 saturated carbocycles. The van der Waals surface area contributed by atoms with Gasteiger partial charge in [0.15, 0.2) is 5.96 Å². The van der Waals surface area contributed by atoms with Gasteiger partial charge in [0, 0.05) is 31.2 Å². The molecule has 0 aromatic carbocycles. The molecule has 0 saturated heterocycles. The first-order valence-electron chi connectivity index (χ1n) is 7.20. The Bertz CT molecular complexity index is 404. The van der Waals surface area contributed by atoms with E-state index in [-0.39, 0.29) is 24.0 Å². The highest BCUT2D eigenvalue weighted by molar-refractivity contribution is 14.0. The second-order valence-electron chi connectivity index (χ2n) is 4.42. The molecule has 0 amide bonds. The molecule has 0 spiro atoms. The van der Waals surface area contributed by atoms with Crippen LogP contribution in [0.25, 0.3) is 0 Å². The third kappa shape index (κ3) is 8.57. The molecule has 0 atom stereocenters. The Morgan fingerprint density at radius 1 is 1.29 bits per heavy atom. The molecule has 0 aliphatic carbocycles. The number of aromatic nitrogens is 1. The fourth-order valence-electron chi connectivity index (χ4n) is 1.62. The van der Waals surface area contributed by atoms with Crippen molar-refractivity contribution in [2.45, 2.75) is 40.7 Å². The molecule has 0 aliphatic rings. The maximum atomic E-state index is 5.31. The van der Waals surface area contributed by atoms with E-state index in [2.05, 4.69) is 34.5 Å². The summed E-state index contributed by atoms with van der Waals surface area (Å²) < 4.78 is 5.31. The van der Waals surface area contributed by atoms with Crippen LogP contribution in [0.5, 0.6) is 0 Å². The van der Waals surface area contributed by atoms with Crippen LogP contribution >= 0.6 is 35.3 Å². The fourth-order valence-corrected chi connectivity index (χ4v) is 2.48. The molecule has 0 aliphatic heterocycles. The number of hydrogen-bond donors (Lipinski definition) is 2. The third-order valence-electron chi connectivity index (χ3n) is 2.75. The summed E-state index contributed by atoms with van der Waals surface area (Å²) in [6.45, 7) is 12.1. The molecular formula is C14H27IN4OS. The number of aliphatic imine (C=N–C) groups is 1. The largest absolute Gasteiger partial charge is 0.382 e. The highest BCUT2D eigenvalue weighted by Crippen LogP contribution is 2.16. The standard InChI is InChI=1S/C14H26N4OS.HI/c1-5-15-14(16-8-7-9-19-6-2)17-10-13-18-11(3)12(4)20-13;/h5-10H2,1-4H3,(H2,15,16,17);1H. The maximum Gasteiger partial charge on any atom is 0.191 e. The number of ether oxygens (including phenoxy) is 1. The number of nitrogens with zero attached hydrogens (tertiary/aromatic N) is 2. The first-order valence-corrected chi connectivity index (χ1v) is 8.01. The lowest BCUT2D eigenvalue weighted by Gasteiger charge is -2.10. The molecule has 0 fully saturated rings. The Morgan fingerprint density at radius 2 is 2.05 bits per heavy atom. The van der Waals surface area contributed by atoms with Gasteiger partial charge in [-0.2, -0.15) is 0 Å². The summed E-state index contributed by atoms with van der Waals surface area (Å²) in [6.07, 6.45) is 0.980. The van der Waals surface area contributed by atoms with Crippen molar-refractivity contribution in [2.24, 2.45) is 4.99 Å². The predicted octanol–water partition coefficient (Wildman–Crippen LogP) is 2.86. The highest BCUT2D eigenvalue weighted by atomic mass is 127. The van der Waals surface area contributed by atoms with Crippen LogP contribution in [0, 0.1) is 13.8 Å². The lowest BCUT2D eigenvalue weighted by molar-refractivity contribution is 0.145. The number of guanidine groups is 1. The number of thiazole rings is 1. The molecule has 2 N–H and O–H groups in total. The zero-order chi connectivity index (χ0) is 14.8. The SMILES string of the molecule is CCNC(=NCc1nc(C)c(C)s1)NCCCOCC.I. The van der Waals surface area contributed by atoms with Crippen LogP contribution in [0.1, 0.15) is 35.8 Å². The molecule has 1 aromatic rings. The van der Waals surface area contributed by atoms with Gasteiger partial charge >= 0.3 is 0 Å². The Labute approximate surface area is 149 Å². The van der Waals surface area contributed by atoms with Gasteiger partial charge in [0.05, 0.1) is 12.2 Å². The Balaban J connectivity index is 0.00000400. The minimum atomic E-state index is 0. The van der Waals surface area contributed by atoms with Crippen LogP contribution in [-0.4, -0.2) is 37.2 Å². The van der Waals surface area contributed by atoms with Crippen LogP contribution in [0.15, 0.2) is 4.99 Å². The summed E-state index contributed by atoms with van der Waals surface area (Å²) in [6, 6.07) is 0. The van der Waals surface area contributed by atoms with E-state index >= 15 is 0 Å². The van der Waals surface area contributed by atoms with Gasteiger partial charge in [-0.15, -0.1) is 35.3 Å². The minimum Gasteiger partial charge on any atom is -0.382 e. The lowest BCUT2D eigenvalue weighted by Crippen LogP contribution is -2.38. The number of rotatable bonds is 8. The van der Waals surface area contributed by atoms with Crippen molar-refractivity contribution in [3.63, 3.8) is 0 Å². The van der Waals surface area contributed by atoms with Gasteiger partial charge in [-0.3, -0.25) is 0 Å². The van der Waals surface area contributed by atoms with Crippen LogP contribution in [0.4, 0.5) is 0 Å². The summed E-state index contributed by atoms with van der Waals surface area (Å²) in [5.74, 6) is 0.842. The second-order valence-corrected chi connectivity index (χ2v) is 5.71. The molecule has 21 heavy (non-hydrogen) atoms. The Hall–Kier alpha value is -0.410. The van der Waals surface area contributed by atoms with Crippen LogP contribution in [-0.2, 0) is 11.3 Å². The number of aryl methyl sites for hydroxylation is 2. The first kappa shape index (κ1) is 20.6. The summed E-state index contributed by atoms with van der Waals surface area (Å²) in [5.41, 5.74) is 1.11.